The normalized spacial score (nSPS) is 19.7. The van der Waals surface area contributed by atoms with Gasteiger partial charge in [0.15, 0.2) is 0 Å². The fraction of sp³-hybridized carbons (Fsp3) is 0.600. The van der Waals surface area contributed by atoms with Crippen LogP contribution in [-0.4, -0.2) is 42.4 Å². The van der Waals surface area contributed by atoms with Crippen molar-refractivity contribution in [2.24, 2.45) is 5.92 Å². The number of para-hydroxylation sites is 1. The van der Waals surface area contributed by atoms with E-state index in [1.54, 1.807) is 6.07 Å². The van der Waals surface area contributed by atoms with E-state index in [1.165, 1.54) is 25.7 Å². The number of piperidine rings is 1. The maximum absolute atomic E-state index is 12.0. The van der Waals surface area contributed by atoms with Gasteiger partial charge in [0, 0.05) is 18.3 Å². The van der Waals surface area contributed by atoms with E-state index >= 15 is 0 Å². The second-order valence-electron chi connectivity index (χ2n) is 7.40. The van der Waals surface area contributed by atoms with E-state index in [0.717, 1.165) is 37.5 Å². The summed E-state index contributed by atoms with van der Waals surface area (Å²) in [6.07, 6.45) is 7.65. The maximum Gasteiger partial charge on any atom is 0.313 e. The number of carbonyl (C=O) groups excluding carboxylic acids is 2. The lowest BCUT2D eigenvalue weighted by Gasteiger charge is -2.36. The van der Waals surface area contributed by atoms with Crippen molar-refractivity contribution in [2.45, 2.75) is 51.5 Å². The average Bonchev–Trinajstić information content (AvgIpc) is 3.16. The molecule has 5 nitrogen and oxygen atoms in total. The van der Waals surface area contributed by atoms with Gasteiger partial charge in [-0.1, -0.05) is 31.0 Å². The number of aryl methyl sites for hydroxylation is 1. The second kappa shape index (κ2) is 8.48. The summed E-state index contributed by atoms with van der Waals surface area (Å²) < 4.78 is 0. The fourth-order valence-corrected chi connectivity index (χ4v) is 4.00. The highest BCUT2D eigenvalue weighted by Gasteiger charge is 2.27. The number of hydrogen-bond acceptors (Lipinski definition) is 3. The Labute approximate surface area is 150 Å². The van der Waals surface area contributed by atoms with Gasteiger partial charge in [0.25, 0.3) is 0 Å². The molecule has 0 atom stereocenters. The first-order chi connectivity index (χ1) is 12.1. The van der Waals surface area contributed by atoms with Crippen molar-refractivity contribution in [3.63, 3.8) is 0 Å². The van der Waals surface area contributed by atoms with Crippen LogP contribution in [0.2, 0.25) is 0 Å². The van der Waals surface area contributed by atoms with E-state index in [1.807, 2.05) is 25.1 Å². The topological polar surface area (TPSA) is 61.4 Å². The van der Waals surface area contributed by atoms with Crippen molar-refractivity contribution in [2.75, 3.05) is 25.0 Å². The number of carbonyl (C=O) groups is 2. The van der Waals surface area contributed by atoms with Crippen molar-refractivity contribution in [3.05, 3.63) is 29.8 Å². The highest BCUT2D eigenvalue weighted by atomic mass is 16.2. The highest BCUT2D eigenvalue weighted by molar-refractivity contribution is 6.39. The van der Waals surface area contributed by atoms with Crippen LogP contribution in [0.25, 0.3) is 0 Å². The third-order valence-corrected chi connectivity index (χ3v) is 5.64. The lowest BCUT2D eigenvalue weighted by Crippen LogP contribution is -2.44. The molecular formula is C20H29N3O2. The van der Waals surface area contributed by atoms with Gasteiger partial charge < -0.3 is 15.5 Å². The largest absolute Gasteiger partial charge is 0.348 e. The zero-order valence-corrected chi connectivity index (χ0v) is 15.1. The number of benzene rings is 1. The zero-order chi connectivity index (χ0) is 17.6. The van der Waals surface area contributed by atoms with E-state index in [9.17, 15) is 9.59 Å². The third kappa shape index (κ3) is 4.82. The first kappa shape index (κ1) is 17.9. The molecule has 2 N–H and O–H groups in total. The quantitative estimate of drug-likeness (QED) is 0.827. The summed E-state index contributed by atoms with van der Waals surface area (Å²) in [7, 11) is 0. The van der Waals surface area contributed by atoms with E-state index in [-0.39, 0.29) is 0 Å². The number of anilines is 1. The lowest BCUT2D eigenvalue weighted by molar-refractivity contribution is -0.136. The van der Waals surface area contributed by atoms with Gasteiger partial charge in [-0.15, -0.1) is 0 Å². The molecule has 0 unspecified atom stereocenters. The molecule has 25 heavy (non-hydrogen) atoms. The molecule has 2 fully saturated rings. The molecule has 0 bridgehead atoms. The van der Waals surface area contributed by atoms with Crippen LogP contribution in [0.1, 0.15) is 44.1 Å². The summed E-state index contributed by atoms with van der Waals surface area (Å²) in [5.74, 6) is -0.646. The Hall–Kier alpha value is -1.88. The second-order valence-corrected chi connectivity index (χ2v) is 7.40. The van der Waals surface area contributed by atoms with Crippen LogP contribution in [0.15, 0.2) is 24.3 Å². The number of rotatable bonds is 4. The van der Waals surface area contributed by atoms with Crippen LogP contribution in [0.4, 0.5) is 5.69 Å². The number of hydrogen-bond donors (Lipinski definition) is 2. The van der Waals surface area contributed by atoms with Crippen LogP contribution in [0, 0.1) is 12.8 Å². The molecule has 1 aliphatic carbocycles. The van der Waals surface area contributed by atoms with Gasteiger partial charge in [-0.2, -0.15) is 0 Å². The first-order valence-corrected chi connectivity index (χ1v) is 9.52. The number of nitrogens with one attached hydrogen (secondary N) is 2. The van der Waals surface area contributed by atoms with Gasteiger partial charge in [0.2, 0.25) is 0 Å². The Bertz CT molecular complexity index is 603. The molecule has 0 spiro atoms. The van der Waals surface area contributed by atoms with Crippen LogP contribution < -0.4 is 10.6 Å². The maximum atomic E-state index is 12.0. The van der Waals surface area contributed by atoms with Crippen LogP contribution in [0.5, 0.6) is 0 Å². The minimum Gasteiger partial charge on any atom is -0.348 e. The summed E-state index contributed by atoms with van der Waals surface area (Å²) in [6, 6.07) is 8.25. The van der Waals surface area contributed by atoms with Crippen LogP contribution >= 0.6 is 0 Å². The summed E-state index contributed by atoms with van der Waals surface area (Å²) in [5, 5.41) is 5.49. The van der Waals surface area contributed by atoms with Gasteiger partial charge >= 0.3 is 11.8 Å². The predicted octanol–water partition coefficient (Wildman–Crippen LogP) is 2.70. The number of nitrogens with zero attached hydrogens (tertiary/aromatic N) is 1. The molecule has 136 valence electrons. The van der Waals surface area contributed by atoms with Gasteiger partial charge in [0.1, 0.15) is 0 Å². The summed E-state index contributed by atoms with van der Waals surface area (Å²) in [4.78, 5) is 26.7. The lowest BCUT2D eigenvalue weighted by atomic mass is 9.95. The van der Waals surface area contributed by atoms with E-state index in [0.29, 0.717) is 18.2 Å². The number of likely N-dealkylation sites (tertiary alicyclic amines) is 1. The molecule has 1 heterocycles. The van der Waals surface area contributed by atoms with Gasteiger partial charge in [-0.25, -0.2) is 0 Å². The Morgan fingerprint density at radius 1 is 1.04 bits per heavy atom. The van der Waals surface area contributed by atoms with Crippen molar-refractivity contribution >= 4 is 17.5 Å². The highest BCUT2D eigenvalue weighted by Crippen LogP contribution is 2.27. The monoisotopic (exact) mass is 343 g/mol. The fourth-order valence-electron chi connectivity index (χ4n) is 4.00. The average molecular weight is 343 g/mol. The smallest absolute Gasteiger partial charge is 0.313 e. The predicted molar refractivity (Wildman–Crippen MR) is 99.4 cm³/mol. The molecule has 1 aromatic rings. The standard InChI is InChI=1S/C20H29N3O2/c1-15-6-2-5-9-18(15)22-20(25)19(24)21-14-16-10-12-23(13-11-16)17-7-3-4-8-17/h2,5-6,9,16-17H,3-4,7-8,10-14H2,1H3,(H,21,24)(H,22,25). The molecule has 2 aliphatic rings. The van der Waals surface area contributed by atoms with Crippen molar-refractivity contribution in [1.82, 2.24) is 10.2 Å². The molecular weight excluding hydrogens is 314 g/mol. The minimum absolute atomic E-state index is 0.480. The summed E-state index contributed by atoms with van der Waals surface area (Å²) >= 11 is 0. The van der Waals surface area contributed by atoms with Gasteiger partial charge in [-0.3, -0.25) is 9.59 Å². The Kier molecular flexibility index (Phi) is 6.08. The van der Waals surface area contributed by atoms with Gasteiger partial charge in [-0.05, 0) is 63.2 Å². The first-order valence-electron chi connectivity index (χ1n) is 9.52. The van der Waals surface area contributed by atoms with E-state index in [4.69, 9.17) is 0 Å². The SMILES string of the molecule is Cc1ccccc1NC(=O)C(=O)NCC1CCN(C2CCCC2)CC1. The van der Waals surface area contributed by atoms with Crippen molar-refractivity contribution in [3.8, 4) is 0 Å². The molecule has 1 aliphatic heterocycles. The van der Waals surface area contributed by atoms with E-state index in [2.05, 4.69) is 15.5 Å². The molecule has 5 heteroatoms. The van der Waals surface area contributed by atoms with Crippen molar-refractivity contribution < 1.29 is 9.59 Å². The van der Waals surface area contributed by atoms with Gasteiger partial charge in [0.05, 0.1) is 0 Å². The van der Waals surface area contributed by atoms with Crippen LogP contribution in [0.3, 0.4) is 0 Å². The Balaban J connectivity index is 1.39. The molecule has 3 rings (SSSR count). The molecule has 1 saturated carbocycles. The summed E-state index contributed by atoms with van der Waals surface area (Å²) in [5.41, 5.74) is 1.63. The molecule has 0 aromatic heterocycles. The molecule has 1 aromatic carbocycles. The summed E-state index contributed by atoms with van der Waals surface area (Å²) in [6.45, 7) is 4.76. The molecule has 0 radical (unpaired) electrons. The third-order valence-electron chi connectivity index (χ3n) is 5.64. The van der Waals surface area contributed by atoms with Crippen molar-refractivity contribution in [1.29, 1.82) is 0 Å². The minimum atomic E-state index is -0.585. The Morgan fingerprint density at radius 3 is 2.40 bits per heavy atom. The van der Waals surface area contributed by atoms with E-state index < -0.39 is 11.8 Å². The Morgan fingerprint density at radius 2 is 1.72 bits per heavy atom. The number of amides is 2. The molecule has 2 amide bonds. The van der Waals surface area contributed by atoms with Crippen LogP contribution in [-0.2, 0) is 9.59 Å². The molecule has 1 saturated heterocycles. The zero-order valence-electron chi connectivity index (χ0n) is 15.1.